The Hall–Kier alpha value is -2.57. The molecule has 2 heterocycles. The minimum absolute atomic E-state index is 0.167. The van der Waals surface area contributed by atoms with Crippen LogP contribution in [-0.2, 0) is 19.1 Å². The number of hydrogen-bond acceptors (Lipinski definition) is 5. The first-order chi connectivity index (χ1) is 12.5. The molecule has 0 radical (unpaired) electrons. The molecular formula is C19H25N3O4. The number of esters is 1. The minimum Gasteiger partial charge on any atom is -0.454 e. The predicted molar refractivity (Wildman–Crippen MR) is 97.8 cm³/mol. The number of carbonyl (C=O) groups is 3. The fourth-order valence-electron chi connectivity index (χ4n) is 3.25. The van der Waals surface area contributed by atoms with E-state index in [0.717, 1.165) is 24.7 Å². The summed E-state index contributed by atoms with van der Waals surface area (Å²) in [4.78, 5) is 37.1. The Labute approximate surface area is 153 Å². The van der Waals surface area contributed by atoms with Crippen LogP contribution in [0.15, 0.2) is 24.3 Å². The molecule has 7 nitrogen and oxygen atoms in total. The second-order valence-electron chi connectivity index (χ2n) is 7.03. The van der Waals surface area contributed by atoms with Gasteiger partial charge in [0.25, 0.3) is 5.91 Å². The summed E-state index contributed by atoms with van der Waals surface area (Å²) in [5.41, 5.74) is 1.81. The first-order valence-corrected chi connectivity index (χ1v) is 9.12. The third kappa shape index (κ3) is 4.74. The molecule has 26 heavy (non-hydrogen) atoms. The van der Waals surface area contributed by atoms with Crippen LogP contribution in [0.2, 0.25) is 0 Å². The molecule has 0 unspecified atom stereocenters. The van der Waals surface area contributed by atoms with Gasteiger partial charge in [0, 0.05) is 30.9 Å². The summed E-state index contributed by atoms with van der Waals surface area (Å²) in [5, 5.41) is 5.23. The van der Waals surface area contributed by atoms with Crippen LogP contribution in [0.1, 0.15) is 32.6 Å². The normalized spacial score (nSPS) is 20.6. The molecule has 0 aromatic heterocycles. The molecular weight excluding hydrogens is 334 g/mol. The number of ether oxygens (including phenoxy) is 1. The molecule has 140 valence electrons. The van der Waals surface area contributed by atoms with Crippen LogP contribution >= 0.6 is 0 Å². The number of anilines is 2. The van der Waals surface area contributed by atoms with Gasteiger partial charge in [-0.2, -0.15) is 0 Å². The van der Waals surface area contributed by atoms with Gasteiger partial charge < -0.3 is 20.3 Å². The Morgan fingerprint density at radius 1 is 1.19 bits per heavy atom. The van der Waals surface area contributed by atoms with Gasteiger partial charge in [0.2, 0.25) is 5.91 Å². The van der Waals surface area contributed by atoms with E-state index in [4.69, 9.17) is 4.74 Å². The molecule has 2 aliphatic heterocycles. The number of rotatable bonds is 5. The highest BCUT2D eigenvalue weighted by atomic mass is 16.5. The molecule has 1 aromatic carbocycles. The van der Waals surface area contributed by atoms with Crippen molar-refractivity contribution in [2.24, 2.45) is 5.92 Å². The second kappa shape index (κ2) is 8.21. The summed E-state index contributed by atoms with van der Waals surface area (Å²) < 4.78 is 4.96. The maximum absolute atomic E-state index is 11.9. The van der Waals surface area contributed by atoms with Crippen molar-refractivity contribution in [3.05, 3.63) is 24.3 Å². The summed E-state index contributed by atoms with van der Waals surface area (Å²) in [6, 6.07) is 7.05. The van der Waals surface area contributed by atoms with Gasteiger partial charge >= 0.3 is 5.97 Å². The Morgan fingerprint density at radius 2 is 1.88 bits per heavy atom. The van der Waals surface area contributed by atoms with Crippen molar-refractivity contribution in [1.29, 1.82) is 0 Å². The second-order valence-corrected chi connectivity index (χ2v) is 7.03. The first-order valence-electron chi connectivity index (χ1n) is 9.12. The minimum atomic E-state index is -0.637. The van der Waals surface area contributed by atoms with Gasteiger partial charge in [0.05, 0.1) is 0 Å². The highest BCUT2D eigenvalue weighted by Crippen LogP contribution is 2.24. The summed E-state index contributed by atoms with van der Waals surface area (Å²) in [5.74, 6) is -0.354. The Morgan fingerprint density at radius 3 is 2.50 bits per heavy atom. The molecule has 0 bridgehead atoms. The van der Waals surface area contributed by atoms with Gasteiger partial charge in [-0.1, -0.05) is 6.92 Å². The molecule has 0 aliphatic carbocycles. The van der Waals surface area contributed by atoms with E-state index >= 15 is 0 Å². The van der Waals surface area contributed by atoms with Crippen LogP contribution in [0.4, 0.5) is 11.4 Å². The van der Waals surface area contributed by atoms with E-state index in [1.807, 2.05) is 24.3 Å². The maximum atomic E-state index is 11.9. The van der Waals surface area contributed by atoms with Gasteiger partial charge in [-0.25, -0.2) is 4.79 Å². The Bertz CT molecular complexity index is 666. The number of piperidine rings is 1. The molecule has 7 heteroatoms. The molecule has 1 aromatic rings. The molecule has 2 saturated heterocycles. The van der Waals surface area contributed by atoms with Crippen molar-refractivity contribution in [3.8, 4) is 0 Å². The maximum Gasteiger partial charge on any atom is 0.329 e. The lowest BCUT2D eigenvalue weighted by Crippen LogP contribution is -2.36. The topological polar surface area (TPSA) is 87.7 Å². The molecule has 1 atom stereocenters. The average molecular weight is 359 g/mol. The van der Waals surface area contributed by atoms with Crippen LogP contribution in [-0.4, -0.2) is 43.5 Å². The van der Waals surface area contributed by atoms with E-state index in [9.17, 15) is 14.4 Å². The third-order valence-corrected chi connectivity index (χ3v) is 4.93. The lowest BCUT2D eigenvalue weighted by atomic mass is 9.99. The van der Waals surface area contributed by atoms with Crippen molar-refractivity contribution >= 4 is 29.2 Å². The zero-order valence-corrected chi connectivity index (χ0v) is 15.0. The average Bonchev–Trinajstić information content (AvgIpc) is 3.08. The highest BCUT2D eigenvalue weighted by Gasteiger charge is 2.28. The predicted octanol–water partition coefficient (Wildman–Crippen LogP) is 1.68. The van der Waals surface area contributed by atoms with Crippen molar-refractivity contribution in [1.82, 2.24) is 5.32 Å². The van der Waals surface area contributed by atoms with Gasteiger partial charge in [-0.05, 0) is 49.4 Å². The molecule has 0 saturated carbocycles. The lowest BCUT2D eigenvalue weighted by molar-refractivity contribution is -0.149. The summed E-state index contributed by atoms with van der Waals surface area (Å²) >= 11 is 0. The summed E-state index contributed by atoms with van der Waals surface area (Å²) in [6.45, 7) is 4.03. The number of nitrogens with one attached hydrogen (secondary N) is 2. The molecule has 2 amide bonds. The largest absolute Gasteiger partial charge is 0.454 e. The lowest BCUT2D eigenvalue weighted by Gasteiger charge is -2.32. The molecule has 3 rings (SSSR count). The van der Waals surface area contributed by atoms with Crippen molar-refractivity contribution in [3.63, 3.8) is 0 Å². The van der Waals surface area contributed by atoms with Crippen LogP contribution in [0.5, 0.6) is 0 Å². The number of hydrogen-bond donors (Lipinski definition) is 2. The summed E-state index contributed by atoms with van der Waals surface area (Å²) in [7, 11) is 0. The zero-order chi connectivity index (χ0) is 18.5. The summed E-state index contributed by atoms with van der Waals surface area (Å²) in [6.07, 6.45) is 3.13. The smallest absolute Gasteiger partial charge is 0.329 e. The van der Waals surface area contributed by atoms with E-state index in [-0.39, 0.29) is 12.5 Å². The SMILES string of the molecule is CC1CCN(c2ccc(NC(=O)COC(=O)[C@@H]3CCC(=O)N3)cc2)CC1. The van der Waals surface area contributed by atoms with E-state index in [2.05, 4.69) is 22.5 Å². The van der Waals surface area contributed by atoms with Crippen molar-refractivity contribution in [2.45, 2.75) is 38.6 Å². The monoisotopic (exact) mass is 359 g/mol. The van der Waals surface area contributed by atoms with E-state index in [1.54, 1.807) is 0 Å². The molecule has 0 spiro atoms. The molecule has 2 N–H and O–H groups in total. The molecule has 2 aliphatic rings. The van der Waals surface area contributed by atoms with Gasteiger partial charge in [-0.3, -0.25) is 9.59 Å². The van der Waals surface area contributed by atoms with E-state index < -0.39 is 17.9 Å². The highest BCUT2D eigenvalue weighted by molar-refractivity contribution is 5.94. The fraction of sp³-hybridized carbons (Fsp3) is 0.526. The van der Waals surface area contributed by atoms with Crippen LogP contribution < -0.4 is 15.5 Å². The first kappa shape index (κ1) is 18.2. The van der Waals surface area contributed by atoms with E-state index in [0.29, 0.717) is 18.5 Å². The number of nitrogens with zero attached hydrogens (tertiary/aromatic N) is 1. The molecule has 2 fully saturated rings. The standard InChI is InChI=1S/C19H25N3O4/c1-13-8-10-22(11-9-13)15-4-2-14(3-5-15)20-18(24)12-26-19(25)16-6-7-17(23)21-16/h2-5,13,16H,6-12H2,1H3,(H,20,24)(H,21,23)/t16-/m0/s1. The van der Waals surface area contributed by atoms with Gasteiger partial charge in [-0.15, -0.1) is 0 Å². The van der Waals surface area contributed by atoms with E-state index in [1.165, 1.54) is 12.8 Å². The Balaban J connectivity index is 1.44. The van der Waals surface area contributed by atoms with Gasteiger partial charge in [0.1, 0.15) is 6.04 Å². The van der Waals surface area contributed by atoms with Crippen molar-refractivity contribution < 1.29 is 19.1 Å². The fourth-order valence-corrected chi connectivity index (χ4v) is 3.25. The quantitative estimate of drug-likeness (QED) is 0.781. The van der Waals surface area contributed by atoms with Crippen molar-refractivity contribution in [2.75, 3.05) is 29.9 Å². The van der Waals surface area contributed by atoms with Crippen LogP contribution in [0, 0.1) is 5.92 Å². The third-order valence-electron chi connectivity index (χ3n) is 4.93. The number of carbonyl (C=O) groups excluding carboxylic acids is 3. The number of benzene rings is 1. The van der Waals surface area contributed by atoms with Gasteiger partial charge in [0.15, 0.2) is 6.61 Å². The Kier molecular flexibility index (Phi) is 5.75. The number of amides is 2. The van der Waals surface area contributed by atoms with Crippen LogP contribution in [0.25, 0.3) is 0 Å². The van der Waals surface area contributed by atoms with Crippen LogP contribution in [0.3, 0.4) is 0 Å². The zero-order valence-electron chi connectivity index (χ0n) is 15.0.